The molecule has 1 atom stereocenters. The van der Waals surface area contributed by atoms with E-state index in [-0.39, 0.29) is 10.9 Å². The summed E-state index contributed by atoms with van der Waals surface area (Å²) >= 11 is 1.15. The molecular formula is C24H31N3O2S. The normalized spacial score (nSPS) is 23.1. The standard InChI is InChI=1S/C24H31N3O2S/c1-6-17(2)16-24(4)22(28)21(23(29)30-24)15-19-7-9-20(10-8-19)25-18(3)27-13-11-26(5)12-14-27/h6-10,16,25,28H,1,3,11-15H2,2,4-5H3/b17-16+. The summed E-state index contributed by atoms with van der Waals surface area (Å²) < 4.78 is -0.730. The van der Waals surface area contributed by atoms with Gasteiger partial charge in [0.2, 0.25) is 5.12 Å². The van der Waals surface area contributed by atoms with E-state index in [1.54, 1.807) is 6.08 Å². The third-order valence-electron chi connectivity index (χ3n) is 5.64. The number of carbonyl (C=O) groups excluding carboxylic acids is 1. The Bertz CT molecular complexity index is 896. The molecule has 0 aliphatic carbocycles. The number of nitrogens with zero attached hydrogens (tertiary/aromatic N) is 2. The number of aliphatic hydroxyl groups is 1. The molecular weight excluding hydrogens is 394 g/mol. The van der Waals surface area contributed by atoms with Crippen molar-refractivity contribution < 1.29 is 9.90 Å². The third-order valence-corrected chi connectivity index (χ3v) is 6.81. The number of carbonyl (C=O) groups is 1. The third kappa shape index (κ3) is 4.99. The van der Waals surface area contributed by atoms with E-state index in [0.717, 1.165) is 60.6 Å². The van der Waals surface area contributed by atoms with Gasteiger partial charge < -0.3 is 20.2 Å². The average Bonchev–Trinajstić information content (AvgIpc) is 2.92. The predicted octanol–water partition coefficient (Wildman–Crippen LogP) is 4.34. The molecule has 3 rings (SSSR count). The maximum absolute atomic E-state index is 12.5. The number of aliphatic hydroxyl groups excluding tert-OH is 1. The molecule has 0 bridgehead atoms. The summed E-state index contributed by atoms with van der Waals surface area (Å²) in [5.41, 5.74) is 3.34. The van der Waals surface area contributed by atoms with Crippen LogP contribution in [0.5, 0.6) is 0 Å². The van der Waals surface area contributed by atoms with Crippen LogP contribution in [0.15, 0.2) is 72.3 Å². The number of allylic oxidation sites excluding steroid dienone is 2. The first-order chi connectivity index (χ1) is 14.2. The van der Waals surface area contributed by atoms with E-state index in [9.17, 15) is 9.90 Å². The summed E-state index contributed by atoms with van der Waals surface area (Å²) in [4.78, 5) is 17.1. The van der Waals surface area contributed by atoms with Crippen molar-refractivity contribution >= 4 is 22.6 Å². The minimum atomic E-state index is -0.730. The maximum atomic E-state index is 12.5. The van der Waals surface area contributed by atoms with Gasteiger partial charge in [0.25, 0.3) is 0 Å². The van der Waals surface area contributed by atoms with E-state index in [2.05, 4.69) is 35.3 Å². The molecule has 160 valence electrons. The minimum Gasteiger partial charge on any atom is -0.510 e. The van der Waals surface area contributed by atoms with Crippen molar-refractivity contribution in [1.82, 2.24) is 9.80 Å². The fourth-order valence-electron chi connectivity index (χ4n) is 3.68. The van der Waals surface area contributed by atoms with Crippen LogP contribution in [0.2, 0.25) is 0 Å². The summed E-state index contributed by atoms with van der Waals surface area (Å²) in [6, 6.07) is 7.94. The van der Waals surface area contributed by atoms with Gasteiger partial charge in [-0.2, -0.15) is 0 Å². The lowest BCUT2D eigenvalue weighted by Crippen LogP contribution is -2.44. The molecule has 1 saturated heterocycles. The molecule has 30 heavy (non-hydrogen) atoms. The van der Waals surface area contributed by atoms with E-state index < -0.39 is 4.75 Å². The van der Waals surface area contributed by atoms with Crippen molar-refractivity contribution in [3.05, 3.63) is 77.9 Å². The van der Waals surface area contributed by atoms with Crippen LogP contribution < -0.4 is 5.32 Å². The second-order valence-corrected chi connectivity index (χ2v) is 9.57. The van der Waals surface area contributed by atoms with Crippen molar-refractivity contribution in [2.45, 2.75) is 25.0 Å². The van der Waals surface area contributed by atoms with E-state index >= 15 is 0 Å². The number of nitrogens with one attached hydrogen (secondary N) is 1. The van der Waals surface area contributed by atoms with Gasteiger partial charge in [0.1, 0.15) is 5.76 Å². The Morgan fingerprint density at radius 2 is 1.90 bits per heavy atom. The van der Waals surface area contributed by atoms with E-state index in [0.29, 0.717) is 12.0 Å². The van der Waals surface area contributed by atoms with Crippen LogP contribution in [0, 0.1) is 0 Å². The summed E-state index contributed by atoms with van der Waals surface area (Å²) in [7, 11) is 2.13. The molecule has 0 saturated carbocycles. The zero-order chi connectivity index (χ0) is 21.9. The van der Waals surface area contributed by atoms with Gasteiger partial charge >= 0.3 is 0 Å². The van der Waals surface area contributed by atoms with Crippen molar-refractivity contribution in [2.75, 3.05) is 38.5 Å². The Kier molecular flexibility index (Phi) is 6.78. The fraction of sp³-hybridized carbons (Fsp3) is 0.375. The average molecular weight is 426 g/mol. The molecule has 1 unspecified atom stereocenters. The predicted molar refractivity (Wildman–Crippen MR) is 127 cm³/mol. The van der Waals surface area contributed by atoms with E-state index in [4.69, 9.17) is 0 Å². The molecule has 0 radical (unpaired) electrons. The molecule has 0 amide bonds. The lowest BCUT2D eigenvalue weighted by molar-refractivity contribution is -0.107. The lowest BCUT2D eigenvalue weighted by atomic mass is 9.97. The summed E-state index contributed by atoms with van der Waals surface area (Å²) in [5, 5.41) is 14.0. The van der Waals surface area contributed by atoms with Crippen molar-refractivity contribution in [2.24, 2.45) is 0 Å². The molecule has 1 fully saturated rings. The first kappa shape index (κ1) is 22.2. The van der Waals surface area contributed by atoms with Crippen LogP contribution in [-0.4, -0.2) is 58.0 Å². The molecule has 2 N–H and O–H groups in total. The Balaban J connectivity index is 1.66. The summed E-state index contributed by atoms with van der Waals surface area (Å²) in [5.74, 6) is 1.04. The minimum absolute atomic E-state index is 0.0752. The molecule has 1 aromatic carbocycles. The van der Waals surface area contributed by atoms with Gasteiger partial charge in [-0.1, -0.05) is 54.8 Å². The van der Waals surface area contributed by atoms with E-state index in [1.165, 1.54) is 0 Å². The lowest BCUT2D eigenvalue weighted by Gasteiger charge is -2.35. The molecule has 0 aromatic heterocycles. The number of rotatable bonds is 7. The van der Waals surface area contributed by atoms with Gasteiger partial charge in [-0.3, -0.25) is 4.79 Å². The Morgan fingerprint density at radius 1 is 1.27 bits per heavy atom. The Labute approximate surface area is 183 Å². The number of hydrogen-bond donors (Lipinski definition) is 2. The summed E-state index contributed by atoms with van der Waals surface area (Å²) in [6.45, 7) is 15.7. The number of hydrogen-bond acceptors (Lipinski definition) is 6. The van der Waals surface area contributed by atoms with Gasteiger partial charge in [0, 0.05) is 43.9 Å². The number of likely N-dealkylation sites (N-methyl/N-ethyl adjacent to an activating group) is 1. The van der Waals surface area contributed by atoms with Crippen LogP contribution in [0.4, 0.5) is 5.69 Å². The zero-order valence-electron chi connectivity index (χ0n) is 18.1. The Morgan fingerprint density at radius 3 is 2.50 bits per heavy atom. The molecule has 6 heteroatoms. The number of piperazine rings is 1. The van der Waals surface area contributed by atoms with Crippen molar-refractivity contribution in [3.8, 4) is 0 Å². The molecule has 2 aliphatic heterocycles. The number of thioether (sulfide) groups is 1. The highest BCUT2D eigenvalue weighted by Crippen LogP contribution is 2.45. The van der Waals surface area contributed by atoms with Gasteiger partial charge in [-0.25, -0.2) is 0 Å². The van der Waals surface area contributed by atoms with Crippen molar-refractivity contribution in [1.29, 1.82) is 0 Å². The monoisotopic (exact) mass is 425 g/mol. The fourth-order valence-corrected chi connectivity index (χ4v) is 4.82. The highest BCUT2D eigenvalue weighted by atomic mass is 32.2. The zero-order valence-corrected chi connectivity index (χ0v) is 18.9. The second kappa shape index (κ2) is 9.14. The van der Waals surface area contributed by atoms with E-state index in [1.807, 2.05) is 44.2 Å². The largest absolute Gasteiger partial charge is 0.510 e. The van der Waals surface area contributed by atoms with Crippen LogP contribution in [0.3, 0.4) is 0 Å². The number of anilines is 1. The highest BCUT2D eigenvalue weighted by molar-refractivity contribution is 8.16. The van der Waals surface area contributed by atoms with Crippen LogP contribution >= 0.6 is 11.8 Å². The van der Waals surface area contributed by atoms with Gasteiger partial charge in [0.15, 0.2) is 0 Å². The molecule has 2 heterocycles. The van der Waals surface area contributed by atoms with Crippen LogP contribution in [0.25, 0.3) is 0 Å². The summed E-state index contributed by atoms with van der Waals surface area (Å²) in [6.07, 6.45) is 4.03. The first-order valence-corrected chi connectivity index (χ1v) is 11.0. The molecule has 1 aromatic rings. The number of benzene rings is 1. The Hall–Kier alpha value is -2.44. The molecule has 2 aliphatic rings. The maximum Gasteiger partial charge on any atom is 0.220 e. The second-order valence-electron chi connectivity index (χ2n) is 8.15. The molecule has 0 spiro atoms. The van der Waals surface area contributed by atoms with Gasteiger partial charge in [-0.05, 0) is 38.6 Å². The van der Waals surface area contributed by atoms with Crippen LogP contribution in [0.1, 0.15) is 19.4 Å². The highest BCUT2D eigenvalue weighted by Gasteiger charge is 2.41. The molecule has 5 nitrogen and oxygen atoms in total. The topological polar surface area (TPSA) is 55.8 Å². The van der Waals surface area contributed by atoms with Crippen LogP contribution in [-0.2, 0) is 11.2 Å². The smallest absolute Gasteiger partial charge is 0.220 e. The SMILES string of the molecule is C=C/C(C)=C/C1(C)SC(=O)C(Cc2ccc(NC(=C)N3CCN(C)CC3)cc2)=C1O. The van der Waals surface area contributed by atoms with Crippen molar-refractivity contribution in [3.63, 3.8) is 0 Å². The van der Waals surface area contributed by atoms with Gasteiger partial charge in [-0.15, -0.1) is 0 Å². The van der Waals surface area contributed by atoms with Gasteiger partial charge in [0.05, 0.1) is 10.6 Å². The first-order valence-electron chi connectivity index (χ1n) is 10.2. The quantitative estimate of drug-likeness (QED) is 0.634.